The summed E-state index contributed by atoms with van der Waals surface area (Å²) in [5, 5.41) is 0. The molecule has 0 aromatic heterocycles. The second-order valence-corrected chi connectivity index (χ2v) is 1.96. The van der Waals surface area contributed by atoms with Gasteiger partial charge in [-0.15, -0.1) is 0 Å². The third kappa shape index (κ3) is 0.763. The van der Waals surface area contributed by atoms with Crippen LogP contribution in [-0.4, -0.2) is 12.2 Å². The van der Waals surface area contributed by atoms with Gasteiger partial charge in [-0.05, 0) is 13.3 Å². The van der Waals surface area contributed by atoms with Gasteiger partial charge in [0, 0.05) is 0 Å². The van der Waals surface area contributed by atoms with Gasteiger partial charge in [0.15, 0.2) is 0 Å². The van der Waals surface area contributed by atoms with Crippen LogP contribution in [0.3, 0.4) is 0 Å². The summed E-state index contributed by atoms with van der Waals surface area (Å²) in [6.07, 6.45) is 0.834. The highest BCUT2D eigenvalue weighted by Gasteiger charge is 2.33. The van der Waals surface area contributed by atoms with Crippen LogP contribution in [0, 0.1) is 0 Å². The van der Waals surface area contributed by atoms with Crippen molar-refractivity contribution in [3.8, 4) is 0 Å². The number of hydrogen-bond donors (Lipinski definition) is 0. The minimum absolute atomic E-state index is 0.333. The Hall–Kier alpha value is -0.0800. The van der Waals surface area contributed by atoms with Gasteiger partial charge in [0.2, 0.25) is 0 Å². The fraction of sp³-hybridized carbons (Fsp3) is 1.00. The van der Waals surface area contributed by atoms with Crippen molar-refractivity contribution in [2.24, 2.45) is 0 Å². The van der Waals surface area contributed by atoms with Crippen LogP contribution in [-0.2, 0) is 9.78 Å². The van der Waals surface area contributed by atoms with E-state index >= 15 is 0 Å². The van der Waals surface area contributed by atoms with E-state index in [0.717, 1.165) is 6.42 Å². The first-order chi connectivity index (χ1) is 3.69. The van der Waals surface area contributed by atoms with Gasteiger partial charge in [0.1, 0.15) is 12.2 Å². The van der Waals surface area contributed by atoms with E-state index in [-0.39, 0.29) is 5.60 Å². The van der Waals surface area contributed by atoms with Gasteiger partial charge < -0.3 is 0 Å². The van der Waals surface area contributed by atoms with Gasteiger partial charge in [0.05, 0.1) is 1.37 Å². The summed E-state index contributed by atoms with van der Waals surface area (Å²) >= 11 is 0. The van der Waals surface area contributed by atoms with Crippen LogP contribution in [0.5, 0.6) is 0 Å². The zero-order chi connectivity index (χ0) is 6.20. The molecule has 42 valence electrons. The molecular weight excluding hydrogens is 92.1 g/mol. The highest BCUT2D eigenvalue weighted by Crippen LogP contribution is 2.23. The lowest BCUT2D eigenvalue weighted by molar-refractivity contribution is -0.466. The Morgan fingerprint density at radius 3 is 2.71 bits per heavy atom. The molecule has 1 aliphatic rings. The Bertz CT molecular complexity index is 92.4. The van der Waals surface area contributed by atoms with Crippen molar-refractivity contribution < 1.29 is 11.1 Å². The van der Waals surface area contributed by atoms with Gasteiger partial charge in [-0.2, -0.15) is 0 Å². The molecule has 2 heteroatoms. The zero-order valence-electron chi connectivity index (χ0n) is 5.60. The summed E-state index contributed by atoms with van der Waals surface area (Å²) in [6.45, 7) is 3.37. The lowest BCUT2D eigenvalue weighted by Crippen LogP contribution is -2.43. The van der Waals surface area contributed by atoms with Crippen LogP contribution in [0.1, 0.15) is 21.6 Å². The Morgan fingerprint density at radius 1 is 2.00 bits per heavy atom. The van der Waals surface area contributed by atoms with E-state index in [2.05, 4.69) is 4.89 Å². The van der Waals surface area contributed by atoms with Crippen LogP contribution in [0.25, 0.3) is 0 Å². The lowest BCUT2D eigenvalue weighted by Gasteiger charge is -2.34. The molecule has 7 heavy (non-hydrogen) atoms. The molecule has 1 rings (SSSR count). The molecule has 0 bridgehead atoms. The Labute approximate surface area is 44.8 Å². The van der Waals surface area contributed by atoms with E-state index in [1.807, 2.05) is 13.8 Å². The standard InChI is InChI=1S/C5H10O2/c1-3-5(2)4-6-7-5/h3-4H2,1-2H3/i4T. The van der Waals surface area contributed by atoms with Crippen molar-refractivity contribution >= 4 is 0 Å². The average molecular weight is 104 g/mol. The SMILES string of the molecule is [3H]C1OOC1(C)CC. The van der Waals surface area contributed by atoms with E-state index in [0.29, 0.717) is 0 Å². The van der Waals surface area contributed by atoms with E-state index in [1.54, 1.807) is 0 Å². The Balaban J connectivity index is 2.42. The summed E-state index contributed by atoms with van der Waals surface area (Å²) in [7, 11) is 0. The van der Waals surface area contributed by atoms with Crippen molar-refractivity contribution in [2.75, 3.05) is 6.58 Å². The van der Waals surface area contributed by atoms with Crippen LogP contribution < -0.4 is 0 Å². The number of hydrogen-bond acceptors (Lipinski definition) is 2. The van der Waals surface area contributed by atoms with Crippen LogP contribution in [0.2, 0.25) is 0 Å². The molecule has 2 nitrogen and oxygen atoms in total. The molecule has 0 radical (unpaired) electrons. The first-order valence-corrected chi connectivity index (χ1v) is 2.46. The van der Waals surface area contributed by atoms with E-state index < -0.39 is 6.58 Å². The second kappa shape index (κ2) is 1.46. The van der Waals surface area contributed by atoms with Gasteiger partial charge in [-0.3, -0.25) is 0 Å². The average Bonchev–Trinajstić information content (AvgIpc) is 1.83. The fourth-order valence-corrected chi connectivity index (χ4v) is 0.355. The predicted octanol–water partition coefficient (Wildman–Crippen LogP) is 1.12. The number of rotatable bonds is 1. The molecule has 0 aromatic carbocycles. The van der Waals surface area contributed by atoms with E-state index in [9.17, 15) is 0 Å². The molecule has 0 spiro atoms. The fourth-order valence-electron chi connectivity index (χ4n) is 0.355. The molecule has 2 atom stereocenters. The zero-order valence-corrected chi connectivity index (χ0v) is 4.60. The van der Waals surface area contributed by atoms with Crippen LogP contribution in [0.15, 0.2) is 0 Å². The highest BCUT2D eigenvalue weighted by atomic mass is 17.2. The van der Waals surface area contributed by atoms with Crippen molar-refractivity contribution in [3.63, 3.8) is 0 Å². The monoisotopic (exact) mass is 104 g/mol. The summed E-state index contributed by atoms with van der Waals surface area (Å²) in [5.41, 5.74) is -0.333. The minimum Gasteiger partial charge on any atom is -0.233 e. The molecule has 0 N–H and O–H groups in total. The maximum atomic E-state index is 7.12. The summed E-state index contributed by atoms with van der Waals surface area (Å²) in [4.78, 5) is 9.10. The molecular formula is C5H10O2. The summed E-state index contributed by atoms with van der Waals surface area (Å²) < 4.78 is 7.12. The van der Waals surface area contributed by atoms with Gasteiger partial charge >= 0.3 is 0 Å². The third-order valence-electron chi connectivity index (χ3n) is 1.24. The summed E-state index contributed by atoms with van der Waals surface area (Å²) in [5.74, 6) is 0. The molecule has 1 fully saturated rings. The van der Waals surface area contributed by atoms with Gasteiger partial charge in [0.25, 0.3) is 0 Å². The smallest absolute Gasteiger partial charge is 0.127 e. The second-order valence-electron chi connectivity index (χ2n) is 1.96. The maximum Gasteiger partial charge on any atom is 0.127 e. The minimum atomic E-state index is -0.479. The normalized spacial score (nSPS) is 52.9. The molecule has 2 unspecified atom stereocenters. The molecule has 0 saturated carbocycles. The molecule has 1 heterocycles. The maximum absolute atomic E-state index is 7.12. The van der Waals surface area contributed by atoms with Crippen molar-refractivity contribution in [3.05, 3.63) is 0 Å². The van der Waals surface area contributed by atoms with E-state index in [4.69, 9.17) is 6.26 Å². The van der Waals surface area contributed by atoms with E-state index in [1.165, 1.54) is 0 Å². The molecule has 0 amide bonds. The largest absolute Gasteiger partial charge is 0.233 e. The topological polar surface area (TPSA) is 18.5 Å². The first kappa shape index (κ1) is 3.87. The molecule has 0 aromatic rings. The highest BCUT2D eigenvalue weighted by molar-refractivity contribution is 4.73. The molecule has 1 aliphatic heterocycles. The van der Waals surface area contributed by atoms with Gasteiger partial charge in [-0.1, -0.05) is 6.92 Å². The molecule has 0 aliphatic carbocycles. The third-order valence-corrected chi connectivity index (χ3v) is 1.24. The lowest BCUT2D eigenvalue weighted by atomic mass is 10.0. The Kier molecular flexibility index (Phi) is 0.804. The van der Waals surface area contributed by atoms with Crippen molar-refractivity contribution in [2.45, 2.75) is 25.9 Å². The first-order valence-electron chi connectivity index (χ1n) is 3.03. The van der Waals surface area contributed by atoms with Crippen LogP contribution >= 0.6 is 0 Å². The van der Waals surface area contributed by atoms with Crippen molar-refractivity contribution in [1.82, 2.24) is 0 Å². The Morgan fingerprint density at radius 2 is 2.71 bits per heavy atom. The molecule has 1 saturated heterocycles. The predicted molar refractivity (Wildman–Crippen MR) is 25.7 cm³/mol. The quantitative estimate of drug-likeness (QED) is 0.464. The summed E-state index contributed by atoms with van der Waals surface area (Å²) in [6, 6.07) is 0. The van der Waals surface area contributed by atoms with Crippen LogP contribution in [0.4, 0.5) is 0 Å². The van der Waals surface area contributed by atoms with Gasteiger partial charge in [-0.25, -0.2) is 9.78 Å². The van der Waals surface area contributed by atoms with Crippen molar-refractivity contribution in [1.29, 1.82) is 0 Å².